The molecule has 4 rings (SSSR count). The molecule has 0 saturated carbocycles. The van der Waals surface area contributed by atoms with Gasteiger partial charge in [-0.2, -0.15) is 11.3 Å². The Bertz CT molecular complexity index is 695. The first-order chi connectivity index (χ1) is 11.8. The second-order valence-corrected chi connectivity index (χ2v) is 7.52. The van der Waals surface area contributed by atoms with Gasteiger partial charge in [-0.3, -0.25) is 4.79 Å². The van der Waals surface area contributed by atoms with Crippen LogP contribution < -0.4 is 4.90 Å². The Kier molecular flexibility index (Phi) is 4.63. The second kappa shape index (κ2) is 7.03. The smallest absolute Gasteiger partial charge is 0.153 e. The van der Waals surface area contributed by atoms with Crippen LogP contribution in [0.25, 0.3) is 11.3 Å². The first kappa shape index (κ1) is 15.8. The molecule has 1 atom stereocenters. The Hall–Kier alpha value is -1.72. The van der Waals surface area contributed by atoms with Gasteiger partial charge in [0.05, 0.1) is 11.3 Å². The number of aldehydes is 1. The lowest BCUT2D eigenvalue weighted by Crippen LogP contribution is -2.40. The summed E-state index contributed by atoms with van der Waals surface area (Å²) in [6, 6.07) is 6.45. The summed E-state index contributed by atoms with van der Waals surface area (Å²) >= 11 is 1.67. The van der Waals surface area contributed by atoms with E-state index in [0.29, 0.717) is 11.6 Å². The van der Waals surface area contributed by atoms with Crippen LogP contribution >= 0.6 is 11.3 Å². The van der Waals surface area contributed by atoms with Gasteiger partial charge in [0, 0.05) is 30.1 Å². The maximum Gasteiger partial charge on any atom is 0.153 e. The van der Waals surface area contributed by atoms with Crippen molar-refractivity contribution in [2.24, 2.45) is 0 Å². The number of hydrogen-bond acceptors (Lipinski definition) is 5. The van der Waals surface area contributed by atoms with E-state index in [1.54, 1.807) is 11.3 Å². The molecule has 2 saturated heterocycles. The molecule has 0 radical (unpaired) electrons. The van der Waals surface area contributed by atoms with Gasteiger partial charge in [-0.15, -0.1) is 0 Å². The third-order valence-electron chi connectivity index (χ3n) is 5.17. The molecule has 0 unspecified atom stereocenters. The molecule has 4 heterocycles. The predicted octanol–water partition coefficient (Wildman–Crippen LogP) is 3.69. The highest BCUT2D eigenvalue weighted by Gasteiger charge is 2.30. The molecule has 2 aliphatic heterocycles. The van der Waals surface area contributed by atoms with Crippen molar-refractivity contribution in [2.75, 3.05) is 31.1 Å². The van der Waals surface area contributed by atoms with E-state index < -0.39 is 0 Å². The van der Waals surface area contributed by atoms with Gasteiger partial charge in [0.25, 0.3) is 0 Å². The number of aromatic nitrogens is 1. The summed E-state index contributed by atoms with van der Waals surface area (Å²) in [5, 5.41) is 4.18. The number of hydrogen-bond donors (Lipinski definition) is 0. The topological polar surface area (TPSA) is 36.4 Å². The molecule has 2 fully saturated rings. The zero-order valence-corrected chi connectivity index (χ0v) is 14.7. The molecule has 2 aromatic rings. The fourth-order valence-corrected chi connectivity index (χ4v) is 4.57. The number of carbonyl (C=O) groups excluding carboxylic acids is 1. The lowest BCUT2D eigenvalue weighted by molar-refractivity contribution is 0.112. The highest BCUT2D eigenvalue weighted by molar-refractivity contribution is 7.08. The predicted molar refractivity (Wildman–Crippen MR) is 99.0 cm³/mol. The van der Waals surface area contributed by atoms with E-state index in [2.05, 4.69) is 26.6 Å². The molecule has 2 aromatic heterocycles. The van der Waals surface area contributed by atoms with Crippen molar-refractivity contribution < 1.29 is 4.79 Å². The van der Waals surface area contributed by atoms with E-state index in [4.69, 9.17) is 4.98 Å². The molecule has 126 valence electrons. The van der Waals surface area contributed by atoms with Gasteiger partial charge in [-0.1, -0.05) is 0 Å². The van der Waals surface area contributed by atoms with E-state index in [1.165, 1.54) is 38.8 Å². The molecule has 0 bridgehead atoms. The molecular formula is C19H23N3OS. The van der Waals surface area contributed by atoms with Gasteiger partial charge in [0.15, 0.2) is 6.29 Å². The van der Waals surface area contributed by atoms with Gasteiger partial charge in [-0.05, 0) is 62.4 Å². The van der Waals surface area contributed by atoms with E-state index in [-0.39, 0.29) is 0 Å². The zero-order valence-electron chi connectivity index (χ0n) is 13.9. The van der Waals surface area contributed by atoms with Crippen molar-refractivity contribution in [3.63, 3.8) is 0 Å². The third-order valence-corrected chi connectivity index (χ3v) is 5.85. The van der Waals surface area contributed by atoms with E-state index >= 15 is 0 Å². The van der Waals surface area contributed by atoms with Gasteiger partial charge in [-0.25, -0.2) is 4.98 Å². The summed E-state index contributed by atoms with van der Waals surface area (Å²) in [6.07, 6.45) is 5.96. The summed E-state index contributed by atoms with van der Waals surface area (Å²) in [5.74, 6) is 0.871. The number of carbonyl (C=O) groups is 1. The standard InChI is InChI=1S/C19H23N3OS/c23-13-15-5-6-18(16-7-11-24-14-16)20-19(15)22-10-3-4-17(22)12-21-8-1-2-9-21/h5-7,11,13-14,17H,1-4,8-10,12H2/t17-/m0/s1. The molecule has 4 nitrogen and oxygen atoms in total. The molecule has 5 heteroatoms. The van der Waals surface area contributed by atoms with Gasteiger partial charge >= 0.3 is 0 Å². The number of nitrogens with zero attached hydrogens (tertiary/aromatic N) is 3. The number of rotatable bonds is 5. The first-order valence-electron chi connectivity index (χ1n) is 8.83. The Morgan fingerprint density at radius 2 is 2.04 bits per heavy atom. The van der Waals surface area contributed by atoms with Gasteiger partial charge < -0.3 is 9.80 Å². The Morgan fingerprint density at radius 3 is 2.79 bits per heavy atom. The summed E-state index contributed by atoms with van der Waals surface area (Å²) < 4.78 is 0. The number of pyridine rings is 1. The Labute approximate surface area is 147 Å². The minimum atomic E-state index is 0.479. The number of thiophene rings is 1. The zero-order chi connectivity index (χ0) is 16.4. The van der Waals surface area contributed by atoms with Gasteiger partial charge in [0.1, 0.15) is 5.82 Å². The maximum absolute atomic E-state index is 11.6. The Balaban J connectivity index is 1.63. The van der Waals surface area contributed by atoms with Crippen LogP contribution in [-0.4, -0.2) is 48.4 Å². The van der Waals surface area contributed by atoms with Crippen LogP contribution in [0.2, 0.25) is 0 Å². The molecule has 0 spiro atoms. The second-order valence-electron chi connectivity index (χ2n) is 6.74. The Morgan fingerprint density at radius 1 is 1.17 bits per heavy atom. The molecular weight excluding hydrogens is 318 g/mol. The van der Waals surface area contributed by atoms with Crippen molar-refractivity contribution in [1.29, 1.82) is 0 Å². The fourth-order valence-electron chi connectivity index (χ4n) is 3.92. The molecule has 0 N–H and O–H groups in total. The highest BCUT2D eigenvalue weighted by atomic mass is 32.1. The van der Waals surface area contributed by atoms with Crippen molar-refractivity contribution >= 4 is 23.4 Å². The van der Waals surface area contributed by atoms with Crippen molar-refractivity contribution in [2.45, 2.75) is 31.7 Å². The average Bonchev–Trinajstić information content (AvgIpc) is 3.37. The van der Waals surface area contributed by atoms with Crippen LogP contribution in [0.5, 0.6) is 0 Å². The molecule has 0 aromatic carbocycles. The quantitative estimate of drug-likeness (QED) is 0.777. The maximum atomic E-state index is 11.6. The molecule has 0 amide bonds. The summed E-state index contributed by atoms with van der Waals surface area (Å²) in [6.45, 7) is 4.53. The van der Waals surface area contributed by atoms with Crippen LogP contribution in [0.4, 0.5) is 5.82 Å². The minimum Gasteiger partial charge on any atom is -0.352 e. The first-order valence-corrected chi connectivity index (χ1v) is 9.77. The largest absolute Gasteiger partial charge is 0.352 e. The minimum absolute atomic E-state index is 0.479. The molecule has 0 aliphatic carbocycles. The van der Waals surface area contributed by atoms with Crippen molar-refractivity contribution in [3.8, 4) is 11.3 Å². The van der Waals surface area contributed by atoms with E-state index in [0.717, 1.165) is 36.5 Å². The van der Waals surface area contributed by atoms with Crippen molar-refractivity contribution in [1.82, 2.24) is 9.88 Å². The van der Waals surface area contributed by atoms with E-state index in [9.17, 15) is 4.79 Å². The van der Waals surface area contributed by atoms with Crippen LogP contribution in [0, 0.1) is 0 Å². The van der Waals surface area contributed by atoms with E-state index in [1.807, 2.05) is 12.1 Å². The molecule has 2 aliphatic rings. The fraction of sp³-hybridized carbons (Fsp3) is 0.474. The number of likely N-dealkylation sites (tertiary alicyclic amines) is 1. The van der Waals surface area contributed by atoms with Crippen LogP contribution in [0.3, 0.4) is 0 Å². The highest BCUT2D eigenvalue weighted by Crippen LogP contribution is 2.30. The van der Waals surface area contributed by atoms with Crippen molar-refractivity contribution in [3.05, 3.63) is 34.5 Å². The van der Waals surface area contributed by atoms with Crippen LogP contribution in [0.15, 0.2) is 29.0 Å². The van der Waals surface area contributed by atoms with Crippen LogP contribution in [0.1, 0.15) is 36.0 Å². The third kappa shape index (κ3) is 3.10. The average molecular weight is 341 g/mol. The summed E-state index contributed by atoms with van der Waals surface area (Å²) in [7, 11) is 0. The normalized spacial score (nSPS) is 21.5. The lowest BCUT2D eigenvalue weighted by atomic mass is 10.1. The number of anilines is 1. The summed E-state index contributed by atoms with van der Waals surface area (Å²) in [5.41, 5.74) is 2.81. The summed E-state index contributed by atoms with van der Waals surface area (Å²) in [4.78, 5) is 21.4. The SMILES string of the molecule is O=Cc1ccc(-c2ccsc2)nc1N1CCC[C@H]1CN1CCCC1. The van der Waals surface area contributed by atoms with Crippen LogP contribution in [-0.2, 0) is 0 Å². The lowest BCUT2D eigenvalue weighted by Gasteiger charge is -2.30. The molecule has 24 heavy (non-hydrogen) atoms. The monoisotopic (exact) mass is 341 g/mol. The van der Waals surface area contributed by atoms with Gasteiger partial charge in [0.2, 0.25) is 0 Å².